The molecule has 3 aromatic carbocycles. The fourth-order valence-corrected chi connectivity index (χ4v) is 6.15. The second-order valence-electron chi connectivity index (χ2n) is 14.1. The molecule has 14 nitrogen and oxygen atoms in total. The second kappa shape index (κ2) is 20.9. The maximum absolute atomic E-state index is 12.9. The van der Waals surface area contributed by atoms with E-state index < -0.39 is 40.5 Å². The van der Waals surface area contributed by atoms with Gasteiger partial charge in [0.15, 0.2) is 0 Å². The number of ether oxygens (including phenoxy) is 2. The van der Waals surface area contributed by atoms with Gasteiger partial charge in [0.05, 0.1) is 53.8 Å². The van der Waals surface area contributed by atoms with E-state index in [4.69, 9.17) is 59.9 Å². The number of aromatic nitrogens is 1. The normalized spacial score (nSPS) is 16.1. The van der Waals surface area contributed by atoms with E-state index in [1.807, 2.05) is 18.2 Å². The van der Waals surface area contributed by atoms with Crippen LogP contribution < -0.4 is 21.7 Å². The minimum Gasteiger partial charge on any atom is -0.465 e. The van der Waals surface area contributed by atoms with Gasteiger partial charge in [-0.25, -0.2) is 14.7 Å². The molecule has 0 radical (unpaired) electrons. The summed E-state index contributed by atoms with van der Waals surface area (Å²) in [6.45, 7) is 9.06. The Bertz CT molecular complexity index is 2160. The summed E-state index contributed by atoms with van der Waals surface area (Å²) in [5.41, 5.74) is 13.2. The number of carbonyl (C=O) groups excluding carboxylic acids is 4. The van der Waals surface area contributed by atoms with Gasteiger partial charge in [0.2, 0.25) is 0 Å². The third kappa shape index (κ3) is 13.4. The number of hydrogen-bond acceptors (Lipinski definition) is 12. The van der Waals surface area contributed by atoms with Crippen LogP contribution in [0.4, 0.5) is 10.5 Å². The number of amides is 3. The summed E-state index contributed by atoms with van der Waals surface area (Å²) < 4.78 is 9.81. The number of halogens is 2. The maximum atomic E-state index is 12.9. The van der Waals surface area contributed by atoms with Crippen LogP contribution in [0.15, 0.2) is 84.9 Å². The van der Waals surface area contributed by atoms with Gasteiger partial charge in [0, 0.05) is 19.3 Å². The van der Waals surface area contributed by atoms with Crippen molar-refractivity contribution in [3.8, 4) is 18.2 Å². The van der Waals surface area contributed by atoms with Crippen molar-refractivity contribution >= 4 is 52.8 Å². The predicted octanol–water partition coefficient (Wildman–Crippen LogP) is 6.08. The van der Waals surface area contributed by atoms with Crippen LogP contribution in [0.1, 0.15) is 68.0 Å². The number of rotatable bonds is 11. The topological polar surface area (TPSA) is 238 Å². The van der Waals surface area contributed by atoms with E-state index in [0.717, 1.165) is 21.6 Å². The van der Waals surface area contributed by atoms with Gasteiger partial charge in [0.25, 0.3) is 5.91 Å². The maximum Gasteiger partial charge on any atom is 0.329 e. The van der Waals surface area contributed by atoms with E-state index in [2.05, 4.69) is 10.3 Å². The first-order valence-electron chi connectivity index (χ1n) is 18.2. The quantitative estimate of drug-likeness (QED) is 0.0885. The van der Waals surface area contributed by atoms with Crippen LogP contribution >= 0.6 is 23.2 Å². The van der Waals surface area contributed by atoms with Crippen LogP contribution in [0.3, 0.4) is 0 Å². The Labute approximate surface area is 353 Å². The van der Waals surface area contributed by atoms with Crippen LogP contribution in [0, 0.1) is 34.0 Å². The molecule has 0 saturated carbocycles. The highest BCUT2D eigenvalue weighted by Gasteiger charge is 2.48. The Balaban J connectivity index is 0.000000245. The molecule has 5 rings (SSSR count). The summed E-state index contributed by atoms with van der Waals surface area (Å²) >= 11 is 11.7. The van der Waals surface area contributed by atoms with Crippen molar-refractivity contribution in [2.24, 2.45) is 11.5 Å². The van der Waals surface area contributed by atoms with Crippen molar-refractivity contribution in [2.45, 2.75) is 70.5 Å². The van der Waals surface area contributed by atoms with Crippen LogP contribution in [-0.4, -0.2) is 58.7 Å². The van der Waals surface area contributed by atoms with Crippen LogP contribution in [0.25, 0.3) is 0 Å². The second-order valence-corrected chi connectivity index (χ2v) is 14.9. The summed E-state index contributed by atoms with van der Waals surface area (Å²) in [7, 11) is 0. The number of anilines is 1. The van der Waals surface area contributed by atoms with Gasteiger partial charge in [-0.05, 0) is 99.8 Å². The summed E-state index contributed by atoms with van der Waals surface area (Å²) in [5, 5.41) is 29.1. The lowest BCUT2D eigenvalue weighted by Crippen LogP contribution is -2.48. The number of hydrogen-bond donors (Lipinski definition) is 3. The first-order valence-corrected chi connectivity index (χ1v) is 19.0. The zero-order valence-electron chi connectivity index (χ0n) is 33.2. The molecule has 16 heteroatoms. The number of nitrogens with one attached hydrogen (secondary N) is 1. The molecule has 3 amide bonds. The van der Waals surface area contributed by atoms with Crippen molar-refractivity contribution in [1.82, 2.24) is 10.3 Å². The number of urea groups is 1. The number of nitrogens with zero attached hydrogens (tertiary/aromatic N) is 5. The third-order valence-electron chi connectivity index (χ3n) is 8.70. The van der Waals surface area contributed by atoms with Gasteiger partial charge in [-0.3, -0.25) is 14.4 Å². The molecule has 59 heavy (non-hydrogen) atoms. The highest BCUT2D eigenvalue weighted by Crippen LogP contribution is 2.30. The first-order chi connectivity index (χ1) is 27.8. The van der Waals surface area contributed by atoms with Crippen molar-refractivity contribution in [2.75, 3.05) is 18.1 Å². The molecule has 1 aliphatic rings. The first kappa shape index (κ1) is 47.0. The van der Waals surface area contributed by atoms with E-state index in [-0.39, 0.29) is 22.4 Å². The Morgan fingerprint density at radius 2 is 1.08 bits per heavy atom. The molecule has 1 unspecified atom stereocenters. The van der Waals surface area contributed by atoms with Crippen molar-refractivity contribution in [1.29, 1.82) is 15.8 Å². The molecular weight excluding hydrogens is 795 g/mol. The Morgan fingerprint density at radius 1 is 0.729 bits per heavy atom. The lowest BCUT2D eigenvalue weighted by molar-refractivity contribution is -0.149. The third-order valence-corrected chi connectivity index (χ3v) is 9.09. The molecule has 5 N–H and O–H groups in total. The van der Waals surface area contributed by atoms with Gasteiger partial charge in [-0.1, -0.05) is 59.6 Å². The predicted molar refractivity (Wildman–Crippen MR) is 222 cm³/mol. The van der Waals surface area contributed by atoms with Crippen molar-refractivity contribution < 1.29 is 28.7 Å². The van der Waals surface area contributed by atoms with Gasteiger partial charge in [-0.2, -0.15) is 15.8 Å². The zero-order chi connectivity index (χ0) is 44.0. The van der Waals surface area contributed by atoms with Gasteiger partial charge in [0.1, 0.15) is 26.9 Å². The average molecular weight is 840 g/mol. The monoisotopic (exact) mass is 838 g/mol. The number of nitrogens with two attached hydrogens (primary N) is 2. The standard InChI is InChI=1S/C17H12Cl2N4O2.2C13H16N2O2/c1-17(8-10-2-4-11(9-20)5-3-10)15(24)23(16(25)22-17)12-6-13(18)21-14(19)7-12;2*1-3-17-12(16)13(2,15)8-10-4-6-11(9-14)7-5-10/h2-7H,8H2,1H3,(H,22,25);2*4-7H,3,8,15H2,1-2H3/t17-;13-;/m10./s1. The van der Waals surface area contributed by atoms with E-state index in [0.29, 0.717) is 42.7 Å². The zero-order valence-corrected chi connectivity index (χ0v) is 34.7. The molecule has 1 aromatic heterocycles. The summed E-state index contributed by atoms with van der Waals surface area (Å²) in [6.07, 6.45) is 1.06. The fourth-order valence-electron chi connectivity index (χ4n) is 5.70. The van der Waals surface area contributed by atoms with Gasteiger partial charge >= 0.3 is 18.0 Å². The van der Waals surface area contributed by atoms with Crippen LogP contribution in [0.2, 0.25) is 10.3 Å². The van der Waals surface area contributed by atoms with Gasteiger partial charge < -0.3 is 26.3 Å². The average Bonchev–Trinajstić information content (AvgIpc) is 3.41. The Kier molecular flexibility index (Phi) is 16.7. The molecule has 0 bridgehead atoms. The highest BCUT2D eigenvalue weighted by molar-refractivity contribution is 6.33. The number of benzene rings is 3. The number of esters is 2. The van der Waals surface area contributed by atoms with Crippen molar-refractivity contribution in [3.05, 3.63) is 129 Å². The summed E-state index contributed by atoms with van der Waals surface area (Å²) in [4.78, 5) is 53.2. The molecule has 306 valence electrons. The lowest BCUT2D eigenvalue weighted by Gasteiger charge is -2.22. The lowest BCUT2D eigenvalue weighted by atomic mass is 9.92. The highest BCUT2D eigenvalue weighted by atomic mass is 35.5. The largest absolute Gasteiger partial charge is 0.465 e. The Hall–Kier alpha value is -6.34. The molecule has 3 atom stereocenters. The number of imide groups is 1. The van der Waals surface area contributed by atoms with E-state index in [9.17, 15) is 19.2 Å². The van der Waals surface area contributed by atoms with E-state index in [1.165, 1.54) is 12.1 Å². The molecule has 1 saturated heterocycles. The van der Waals surface area contributed by atoms with E-state index >= 15 is 0 Å². The molecule has 2 heterocycles. The molecule has 0 spiro atoms. The summed E-state index contributed by atoms with van der Waals surface area (Å²) in [6, 6.07) is 29.2. The summed E-state index contributed by atoms with van der Waals surface area (Å²) in [5.74, 6) is -1.24. The van der Waals surface area contributed by atoms with Crippen LogP contribution in [-0.2, 0) is 43.1 Å². The molecular formula is C43H44Cl2N8O6. The number of pyridine rings is 1. The Morgan fingerprint density at radius 3 is 1.42 bits per heavy atom. The number of nitriles is 3. The number of carbonyl (C=O) groups is 4. The smallest absolute Gasteiger partial charge is 0.329 e. The van der Waals surface area contributed by atoms with Crippen LogP contribution in [0.5, 0.6) is 0 Å². The molecule has 0 aliphatic carbocycles. The fraction of sp³-hybridized carbons (Fsp3) is 0.302. The molecule has 1 fully saturated rings. The minimum absolute atomic E-state index is 0.0868. The van der Waals surface area contributed by atoms with Gasteiger partial charge in [-0.15, -0.1) is 0 Å². The minimum atomic E-state index is -1.12. The van der Waals surface area contributed by atoms with Crippen molar-refractivity contribution in [3.63, 3.8) is 0 Å². The molecule has 4 aromatic rings. The molecule has 1 aliphatic heterocycles. The SMILES string of the molecule is CCOC(=O)C(C)(N)Cc1ccc(C#N)cc1.CCOC(=O)[C@@](C)(N)Cc1ccc(C#N)cc1.C[C@]1(Cc2ccc(C#N)cc2)NC(=O)N(c2cc(Cl)nc(Cl)c2)C1=O. The van der Waals surface area contributed by atoms with E-state index in [1.54, 1.807) is 107 Å².